The van der Waals surface area contributed by atoms with Crippen molar-refractivity contribution < 1.29 is 9.13 Å². The number of halogens is 1. The monoisotopic (exact) mass is 400 g/mol. The fourth-order valence-electron chi connectivity index (χ4n) is 2.79. The molecule has 29 heavy (non-hydrogen) atoms. The van der Waals surface area contributed by atoms with Crippen LogP contribution in [0.3, 0.4) is 0 Å². The molecule has 1 saturated heterocycles. The fourth-order valence-corrected chi connectivity index (χ4v) is 2.79. The number of anilines is 4. The molecule has 3 aromatic rings. The second-order valence-corrected chi connectivity index (χ2v) is 6.57. The van der Waals surface area contributed by atoms with Crippen molar-refractivity contribution in [1.29, 1.82) is 0 Å². The maximum absolute atomic E-state index is 13.1. The lowest BCUT2D eigenvalue weighted by atomic mass is 10.3. The van der Waals surface area contributed by atoms with Crippen molar-refractivity contribution in [3.63, 3.8) is 0 Å². The average Bonchev–Trinajstić information content (AvgIpc) is 3.13. The molecule has 3 N–H and O–H groups in total. The van der Waals surface area contributed by atoms with Crippen LogP contribution in [0.15, 0.2) is 18.5 Å². The van der Waals surface area contributed by atoms with E-state index in [9.17, 15) is 4.39 Å². The Kier molecular flexibility index (Phi) is 5.42. The van der Waals surface area contributed by atoms with Gasteiger partial charge in [0, 0.05) is 24.8 Å². The van der Waals surface area contributed by atoms with Crippen molar-refractivity contribution in [2.75, 3.05) is 41.8 Å². The molecule has 0 bridgehead atoms. The third-order valence-electron chi connectivity index (χ3n) is 4.24. The summed E-state index contributed by atoms with van der Waals surface area (Å²) in [5.41, 5.74) is 0.912. The van der Waals surface area contributed by atoms with E-state index >= 15 is 0 Å². The zero-order chi connectivity index (χ0) is 20.2. The molecule has 0 spiro atoms. The SMILES string of the molecule is Cc1cc(Nc2nc(N[C@@H](C)c3ncc(F)cn3)nc(N3CCOCC3)n2)n[nH]1. The van der Waals surface area contributed by atoms with Crippen LogP contribution in [0.25, 0.3) is 0 Å². The summed E-state index contributed by atoms with van der Waals surface area (Å²) >= 11 is 0. The topological polar surface area (TPSA) is 130 Å². The number of aromatic amines is 1. The summed E-state index contributed by atoms with van der Waals surface area (Å²) in [6.07, 6.45) is 2.25. The molecule has 3 aromatic heterocycles. The van der Waals surface area contributed by atoms with Gasteiger partial charge < -0.3 is 20.3 Å². The van der Waals surface area contributed by atoms with Gasteiger partial charge >= 0.3 is 0 Å². The van der Waals surface area contributed by atoms with Crippen LogP contribution in [-0.4, -0.2) is 61.4 Å². The molecule has 4 heterocycles. The highest BCUT2D eigenvalue weighted by Gasteiger charge is 2.18. The molecule has 0 radical (unpaired) electrons. The van der Waals surface area contributed by atoms with Crippen molar-refractivity contribution >= 4 is 23.7 Å². The highest BCUT2D eigenvalue weighted by molar-refractivity contribution is 5.52. The molecule has 0 amide bonds. The largest absolute Gasteiger partial charge is 0.378 e. The Bertz CT molecular complexity index is 957. The number of morpholine rings is 1. The first-order valence-electron chi connectivity index (χ1n) is 9.18. The lowest BCUT2D eigenvalue weighted by Gasteiger charge is -2.27. The molecular formula is C17H21FN10O. The van der Waals surface area contributed by atoms with Crippen molar-refractivity contribution in [3.05, 3.63) is 35.8 Å². The molecule has 0 saturated carbocycles. The first-order chi connectivity index (χ1) is 14.1. The molecule has 152 valence electrons. The van der Waals surface area contributed by atoms with Gasteiger partial charge in [-0.1, -0.05) is 0 Å². The van der Waals surface area contributed by atoms with Crippen molar-refractivity contribution in [2.24, 2.45) is 0 Å². The van der Waals surface area contributed by atoms with Crippen LogP contribution in [0.2, 0.25) is 0 Å². The standard InChI is InChI=1S/C17H21FN10O/c1-10-7-13(27-26-10)22-16-23-15(21-11(2)14-19-8-12(18)9-20-14)24-17(25-16)28-3-5-29-6-4-28/h7-9,11H,3-6H2,1-2H3,(H3,21,22,23,24,25,26,27)/t11-/m0/s1. The molecule has 1 aliphatic rings. The van der Waals surface area contributed by atoms with Crippen LogP contribution in [0, 0.1) is 12.7 Å². The normalized spacial score (nSPS) is 15.2. The van der Waals surface area contributed by atoms with E-state index in [0.29, 0.717) is 55.8 Å². The molecule has 12 heteroatoms. The van der Waals surface area contributed by atoms with Gasteiger partial charge in [-0.05, 0) is 13.8 Å². The van der Waals surface area contributed by atoms with E-state index in [-0.39, 0.29) is 6.04 Å². The van der Waals surface area contributed by atoms with Crippen LogP contribution >= 0.6 is 0 Å². The second kappa shape index (κ2) is 8.31. The van der Waals surface area contributed by atoms with Crippen molar-refractivity contribution in [1.82, 2.24) is 35.1 Å². The number of nitrogens with one attached hydrogen (secondary N) is 3. The number of ether oxygens (including phenoxy) is 1. The predicted octanol–water partition coefficient (Wildman–Crippen LogP) is 1.59. The molecule has 1 fully saturated rings. The predicted molar refractivity (Wildman–Crippen MR) is 103 cm³/mol. The highest BCUT2D eigenvalue weighted by atomic mass is 19.1. The van der Waals surface area contributed by atoms with Gasteiger partial charge in [-0.2, -0.15) is 20.1 Å². The third kappa shape index (κ3) is 4.71. The van der Waals surface area contributed by atoms with Gasteiger partial charge in [-0.3, -0.25) is 5.10 Å². The third-order valence-corrected chi connectivity index (χ3v) is 4.24. The number of hydrogen-bond donors (Lipinski definition) is 3. The van der Waals surface area contributed by atoms with E-state index in [1.165, 1.54) is 0 Å². The van der Waals surface area contributed by atoms with Crippen LogP contribution in [-0.2, 0) is 4.74 Å². The number of rotatable bonds is 6. The molecule has 0 aromatic carbocycles. The van der Waals surface area contributed by atoms with Crippen LogP contribution < -0.4 is 15.5 Å². The Hall–Kier alpha value is -3.41. The quantitative estimate of drug-likeness (QED) is 0.561. The minimum Gasteiger partial charge on any atom is -0.378 e. The molecule has 1 aliphatic heterocycles. The molecule has 0 unspecified atom stereocenters. The van der Waals surface area contributed by atoms with Gasteiger partial charge in [0.05, 0.1) is 31.6 Å². The summed E-state index contributed by atoms with van der Waals surface area (Å²) in [5.74, 6) is 1.75. The Labute approximate surface area is 166 Å². The summed E-state index contributed by atoms with van der Waals surface area (Å²) in [6, 6.07) is 1.51. The summed E-state index contributed by atoms with van der Waals surface area (Å²) < 4.78 is 18.5. The lowest BCUT2D eigenvalue weighted by Crippen LogP contribution is -2.37. The number of aryl methyl sites for hydroxylation is 1. The van der Waals surface area contributed by atoms with Crippen molar-refractivity contribution in [3.8, 4) is 0 Å². The lowest BCUT2D eigenvalue weighted by molar-refractivity contribution is 0.122. The van der Waals surface area contributed by atoms with Crippen LogP contribution in [0.4, 0.5) is 28.1 Å². The summed E-state index contributed by atoms with van der Waals surface area (Å²) in [6.45, 7) is 6.32. The summed E-state index contributed by atoms with van der Waals surface area (Å²) in [5, 5.41) is 13.3. The molecule has 0 aliphatic carbocycles. The van der Waals surface area contributed by atoms with E-state index in [1.54, 1.807) is 0 Å². The minimum absolute atomic E-state index is 0.337. The molecule has 4 rings (SSSR count). The summed E-state index contributed by atoms with van der Waals surface area (Å²) in [4.78, 5) is 23.5. The van der Waals surface area contributed by atoms with Gasteiger partial charge in [0.25, 0.3) is 0 Å². The van der Waals surface area contributed by atoms with E-state index in [0.717, 1.165) is 18.1 Å². The number of H-pyrrole nitrogens is 1. The zero-order valence-electron chi connectivity index (χ0n) is 16.1. The van der Waals surface area contributed by atoms with E-state index < -0.39 is 5.82 Å². The van der Waals surface area contributed by atoms with Crippen LogP contribution in [0.1, 0.15) is 24.5 Å². The number of nitrogens with zero attached hydrogens (tertiary/aromatic N) is 7. The van der Waals surface area contributed by atoms with E-state index in [2.05, 4.69) is 45.8 Å². The highest BCUT2D eigenvalue weighted by Crippen LogP contribution is 2.20. The van der Waals surface area contributed by atoms with Gasteiger partial charge in [0.1, 0.15) is 5.82 Å². The Morgan fingerprint density at radius 2 is 1.86 bits per heavy atom. The molecule has 11 nitrogen and oxygen atoms in total. The molecular weight excluding hydrogens is 379 g/mol. The Balaban J connectivity index is 1.60. The fraction of sp³-hybridized carbons (Fsp3) is 0.412. The van der Waals surface area contributed by atoms with E-state index in [4.69, 9.17) is 4.74 Å². The van der Waals surface area contributed by atoms with E-state index in [1.807, 2.05) is 24.8 Å². The van der Waals surface area contributed by atoms with Gasteiger partial charge in [-0.15, -0.1) is 0 Å². The van der Waals surface area contributed by atoms with Gasteiger partial charge in [0.15, 0.2) is 11.6 Å². The minimum atomic E-state index is -0.489. The molecule has 1 atom stereocenters. The first-order valence-corrected chi connectivity index (χ1v) is 9.18. The zero-order valence-corrected chi connectivity index (χ0v) is 16.1. The van der Waals surface area contributed by atoms with Gasteiger partial charge in [-0.25, -0.2) is 14.4 Å². The maximum Gasteiger partial charge on any atom is 0.235 e. The Morgan fingerprint density at radius 3 is 2.55 bits per heavy atom. The second-order valence-electron chi connectivity index (χ2n) is 6.57. The number of hydrogen-bond acceptors (Lipinski definition) is 10. The Morgan fingerprint density at radius 1 is 1.14 bits per heavy atom. The van der Waals surface area contributed by atoms with Gasteiger partial charge in [0.2, 0.25) is 17.8 Å². The first kappa shape index (κ1) is 18.9. The number of aromatic nitrogens is 7. The summed E-state index contributed by atoms with van der Waals surface area (Å²) in [7, 11) is 0. The average molecular weight is 400 g/mol. The maximum atomic E-state index is 13.1. The van der Waals surface area contributed by atoms with Crippen molar-refractivity contribution in [2.45, 2.75) is 19.9 Å². The smallest absolute Gasteiger partial charge is 0.235 e. The van der Waals surface area contributed by atoms with Crippen LogP contribution in [0.5, 0.6) is 0 Å².